The highest BCUT2D eigenvalue weighted by molar-refractivity contribution is 5.98. The molecule has 0 radical (unpaired) electrons. The average Bonchev–Trinajstić information content (AvgIpc) is 2.60. The number of ether oxygens (including phenoxy) is 1. The first-order chi connectivity index (χ1) is 11.2. The number of carbonyl (C=O) groups is 2. The summed E-state index contributed by atoms with van der Waals surface area (Å²) in [7, 11) is 0. The van der Waals surface area contributed by atoms with Crippen LogP contribution in [0.4, 0.5) is 5.69 Å². The summed E-state index contributed by atoms with van der Waals surface area (Å²) in [5, 5.41) is 0. The van der Waals surface area contributed by atoms with Crippen LogP contribution in [0.25, 0.3) is 0 Å². The third kappa shape index (κ3) is 3.99. The second-order valence-corrected chi connectivity index (χ2v) is 6.11. The summed E-state index contributed by atoms with van der Waals surface area (Å²) in [6.45, 7) is 2.67. The molecule has 3 rings (SSSR count). The van der Waals surface area contributed by atoms with Crippen LogP contribution in [-0.4, -0.2) is 49.5 Å². The summed E-state index contributed by atoms with van der Waals surface area (Å²) in [5.74, 6) is 1.24. The smallest absolute Gasteiger partial charge is 0.265 e. The Kier molecular flexibility index (Phi) is 6.45. The number of para-hydroxylation sites is 2. The van der Waals surface area contributed by atoms with Crippen molar-refractivity contribution in [2.24, 2.45) is 11.7 Å². The molecule has 0 atom stereocenters. The summed E-state index contributed by atoms with van der Waals surface area (Å²) >= 11 is 0. The first-order valence-electron chi connectivity index (χ1n) is 8.19. The lowest BCUT2D eigenvalue weighted by molar-refractivity contribution is -0.132. The van der Waals surface area contributed by atoms with Crippen LogP contribution in [-0.2, 0) is 9.59 Å². The molecule has 0 spiro atoms. The molecule has 2 amide bonds. The second kappa shape index (κ2) is 8.35. The van der Waals surface area contributed by atoms with Crippen LogP contribution in [0.15, 0.2) is 24.3 Å². The Hall–Kier alpha value is -1.79. The van der Waals surface area contributed by atoms with Gasteiger partial charge >= 0.3 is 0 Å². The van der Waals surface area contributed by atoms with Crippen LogP contribution in [0, 0.1) is 5.92 Å². The van der Waals surface area contributed by atoms with Gasteiger partial charge in [0.05, 0.1) is 5.69 Å². The van der Waals surface area contributed by atoms with E-state index in [0.717, 1.165) is 31.6 Å². The topological polar surface area (TPSA) is 75.9 Å². The van der Waals surface area contributed by atoms with Crippen molar-refractivity contribution < 1.29 is 14.3 Å². The van der Waals surface area contributed by atoms with E-state index in [0.29, 0.717) is 31.2 Å². The highest BCUT2D eigenvalue weighted by Crippen LogP contribution is 2.31. The van der Waals surface area contributed by atoms with Crippen LogP contribution in [0.5, 0.6) is 5.75 Å². The van der Waals surface area contributed by atoms with Crippen molar-refractivity contribution in [1.29, 1.82) is 0 Å². The van der Waals surface area contributed by atoms with Crippen molar-refractivity contribution >= 4 is 29.9 Å². The fraction of sp³-hybridized carbons (Fsp3) is 0.529. The van der Waals surface area contributed by atoms with Crippen LogP contribution in [0.3, 0.4) is 0 Å². The molecular weight excluding hydrogens is 330 g/mol. The van der Waals surface area contributed by atoms with Crippen molar-refractivity contribution in [2.45, 2.75) is 19.3 Å². The molecule has 2 heterocycles. The molecule has 0 aromatic heterocycles. The number of nitrogens with zero attached hydrogens (tertiary/aromatic N) is 2. The lowest BCUT2D eigenvalue weighted by Gasteiger charge is -2.33. The van der Waals surface area contributed by atoms with Crippen molar-refractivity contribution in [2.75, 3.05) is 37.7 Å². The molecule has 2 aliphatic rings. The van der Waals surface area contributed by atoms with Gasteiger partial charge in [-0.3, -0.25) is 9.59 Å². The molecule has 1 aromatic rings. The third-order valence-corrected chi connectivity index (χ3v) is 4.66. The normalized spacial score (nSPS) is 17.8. The Morgan fingerprint density at radius 1 is 1.25 bits per heavy atom. The average molecular weight is 354 g/mol. The number of likely N-dealkylation sites (tertiary alicyclic amines) is 1. The van der Waals surface area contributed by atoms with Gasteiger partial charge < -0.3 is 20.3 Å². The number of piperidine rings is 1. The summed E-state index contributed by atoms with van der Waals surface area (Å²) in [4.78, 5) is 28.0. The molecule has 1 fully saturated rings. The molecule has 6 nitrogen and oxygen atoms in total. The lowest BCUT2D eigenvalue weighted by Crippen LogP contribution is -2.43. The van der Waals surface area contributed by atoms with Crippen molar-refractivity contribution in [3.63, 3.8) is 0 Å². The molecule has 1 saturated heterocycles. The largest absolute Gasteiger partial charge is 0.482 e. The van der Waals surface area contributed by atoms with Crippen molar-refractivity contribution in [3.05, 3.63) is 24.3 Å². The minimum absolute atomic E-state index is 0. The molecule has 2 N–H and O–H groups in total. The highest BCUT2D eigenvalue weighted by Gasteiger charge is 2.27. The molecule has 0 bridgehead atoms. The SMILES string of the molecule is Cl.NCC1CCN(C(=O)CCN2C(=O)COc3ccccc32)CC1. The van der Waals surface area contributed by atoms with Crippen LogP contribution < -0.4 is 15.4 Å². The number of hydrogen-bond acceptors (Lipinski definition) is 4. The molecule has 1 aromatic carbocycles. The van der Waals surface area contributed by atoms with E-state index in [4.69, 9.17) is 10.5 Å². The monoisotopic (exact) mass is 353 g/mol. The van der Waals surface area contributed by atoms with E-state index < -0.39 is 0 Å². The Morgan fingerprint density at radius 2 is 1.96 bits per heavy atom. The van der Waals surface area contributed by atoms with Gasteiger partial charge in [0.2, 0.25) is 5.91 Å². The molecule has 2 aliphatic heterocycles. The minimum Gasteiger partial charge on any atom is -0.482 e. The van der Waals surface area contributed by atoms with Crippen LogP contribution >= 0.6 is 12.4 Å². The van der Waals surface area contributed by atoms with Gasteiger partial charge in [-0.1, -0.05) is 12.1 Å². The van der Waals surface area contributed by atoms with Crippen molar-refractivity contribution in [3.8, 4) is 5.75 Å². The fourth-order valence-corrected chi connectivity index (χ4v) is 3.18. The minimum atomic E-state index is -0.0988. The van der Waals surface area contributed by atoms with E-state index in [1.54, 1.807) is 4.90 Å². The maximum Gasteiger partial charge on any atom is 0.265 e. The van der Waals surface area contributed by atoms with Crippen LogP contribution in [0.1, 0.15) is 19.3 Å². The zero-order valence-electron chi connectivity index (χ0n) is 13.6. The number of hydrogen-bond donors (Lipinski definition) is 1. The molecule has 0 saturated carbocycles. The fourth-order valence-electron chi connectivity index (χ4n) is 3.18. The predicted molar refractivity (Wildman–Crippen MR) is 94.5 cm³/mol. The Labute approximate surface area is 148 Å². The van der Waals surface area contributed by atoms with E-state index in [1.807, 2.05) is 29.2 Å². The van der Waals surface area contributed by atoms with Gasteiger partial charge in [0.1, 0.15) is 5.75 Å². The number of nitrogens with two attached hydrogens (primary N) is 1. The molecule has 0 unspecified atom stereocenters. The van der Waals surface area contributed by atoms with Crippen LogP contribution in [0.2, 0.25) is 0 Å². The third-order valence-electron chi connectivity index (χ3n) is 4.66. The molecule has 0 aliphatic carbocycles. The number of rotatable bonds is 4. The van der Waals surface area contributed by atoms with E-state index in [9.17, 15) is 9.59 Å². The number of halogens is 1. The molecule has 24 heavy (non-hydrogen) atoms. The lowest BCUT2D eigenvalue weighted by atomic mass is 9.97. The van der Waals surface area contributed by atoms with Gasteiger partial charge in [-0.15, -0.1) is 12.4 Å². The van der Waals surface area contributed by atoms with E-state index >= 15 is 0 Å². The summed E-state index contributed by atoms with van der Waals surface area (Å²) < 4.78 is 5.41. The predicted octanol–water partition coefficient (Wildman–Crippen LogP) is 1.42. The Morgan fingerprint density at radius 3 is 2.67 bits per heavy atom. The molecular formula is C17H24ClN3O3. The maximum absolute atomic E-state index is 12.4. The van der Waals surface area contributed by atoms with E-state index in [1.165, 1.54) is 0 Å². The highest BCUT2D eigenvalue weighted by atomic mass is 35.5. The summed E-state index contributed by atoms with van der Waals surface area (Å²) in [6, 6.07) is 7.44. The zero-order chi connectivity index (χ0) is 16.2. The molecule has 132 valence electrons. The number of anilines is 1. The quantitative estimate of drug-likeness (QED) is 0.888. The Bertz CT molecular complexity index is 588. The standard InChI is InChI=1S/C17H23N3O3.ClH/c18-11-13-5-8-19(9-6-13)16(21)7-10-20-14-3-1-2-4-15(14)23-12-17(20)22;/h1-4,13H,5-12,18H2;1H. The first kappa shape index (κ1) is 18.5. The molecule has 7 heteroatoms. The van der Waals surface area contributed by atoms with Gasteiger partial charge in [-0.05, 0) is 37.4 Å². The zero-order valence-corrected chi connectivity index (χ0v) is 14.5. The van der Waals surface area contributed by atoms with Gasteiger partial charge in [0.15, 0.2) is 6.61 Å². The van der Waals surface area contributed by atoms with Crippen molar-refractivity contribution in [1.82, 2.24) is 4.90 Å². The second-order valence-electron chi connectivity index (χ2n) is 6.11. The number of benzene rings is 1. The Balaban J connectivity index is 0.00000208. The van der Waals surface area contributed by atoms with Gasteiger partial charge in [0.25, 0.3) is 5.91 Å². The summed E-state index contributed by atoms with van der Waals surface area (Å²) in [5.41, 5.74) is 6.43. The number of amides is 2. The maximum atomic E-state index is 12.4. The van der Waals surface area contributed by atoms with E-state index in [2.05, 4.69) is 0 Å². The number of carbonyl (C=O) groups excluding carboxylic acids is 2. The summed E-state index contributed by atoms with van der Waals surface area (Å²) in [6.07, 6.45) is 2.29. The van der Waals surface area contributed by atoms with Gasteiger partial charge in [0, 0.05) is 26.1 Å². The van der Waals surface area contributed by atoms with Gasteiger partial charge in [-0.25, -0.2) is 0 Å². The van der Waals surface area contributed by atoms with Gasteiger partial charge in [-0.2, -0.15) is 0 Å². The first-order valence-corrected chi connectivity index (χ1v) is 8.19. The number of fused-ring (bicyclic) bond motifs is 1. The van der Waals surface area contributed by atoms with E-state index in [-0.39, 0.29) is 30.8 Å².